The molecule has 8 nitrogen and oxygen atoms in total. The number of hydrogen-bond acceptors (Lipinski definition) is 6. The monoisotopic (exact) mass is 405 g/mol. The fourth-order valence-electron chi connectivity index (χ4n) is 3.83. The van der Waals surface area contributed by atoms with Gasteiger partial charge in [-0.25, -0.2) is 4.79 Å². The topological polar surface area (TPSA) is 93.0 Å². The first kappa shape index (κ1) is 22.6. The summed E-state index contributed by atoms with van der Waals surface area (Å²) in [7, 11) is 0. The van der Waals surface area contributed by atoms with E-state index in [0.29, 0.717) is 5.69 Å². The quantitative estimate of drug-likeness (QED) is 0.389. The Balaban J connectivity index is 2.13. The van der Waals surface area contributed by atoms with Crippen LogP contribution in [0.2, 0.25) is 0 Å². The van der Waals surface area contributed by atoms with Crippen LogP contribution >= 0.6 is 0 Å². The fourth-order valence-corrected chi connectivity index (χ4v) is 3.83. The summed E-state index contributed by atoms with van der Waals surface area (Å²) in [6.07, 6.45) is 4.22. The Kier molecular flexibility index (Phi) is 7.99. The zero-order chi connectivity index (χ0) is 21.6. The number of carbonyl (C=O) groups is 2. The van der Waals surface area contributed by atoms with Gasteiger partial charge < -0.3 is 14.5 Å². The normalized spacial score (nSPS) is 14.6. The van der Waals surface area contributed by atoms with Crippen LogP contribution in [0.4, 0.5) is 11.4 Å². The SMILES string of the molecule is CC(C)N(C(=O)COC(=O)c1ccc(N2CCCCCC2)c([N+](=O)[O-])c1)C(C)C. The van der Waals surface area contributed by atoms with Crippen molar-refractivity contribution in [1.82, 2.24) is 4.90 Å². The van der Waals surface area contributed by atoms with E-state index in [9.17, 15) is 19.7 Å². The molecule has 0 unspecified atom stereocenters. The predicted molar refractivity (Wildman–Crippen MR) is 111 cm³/mol. The molecule has 0 N–H and O–H groups in total. The highest BCUT2D eigenvalue weighted by molar-refractivity contribution is 5.93. The number of ether oxygens (including phenoxy) is 1. The Hall–Kier alpha value is -2.64. The molecule has 0 aromatic heterocycles. The summed E-state index contributed by atoms with van der Waals surface area (Å²) in [5, 5.41) is 11.6. The van der Waals surface area contributed by atoms with Gasteiger partial charge in [0.1, 0.15) is 5.69 Å². The van der Waals surface area contributed by atoms with Crippen LogP contribution in [0.15, 0.2) is 18.2 Å². The van der Waals surface area contributed by atoms with Crippen LogP contribution in [0.25, 0.3) is 0 Å². The van der Waals surface area contributed by atoms with E-state index in [4.69, 9.17) is 4.74 Å². The van der Waals surface area contributed by atoms with Gasteiger partial charge in [-0.3, -0.25) is 14.9 Å². The number of benzene rings is 1. The maximum atomic E-state index is 12.4. The van der Waals surface area contributed by atoms with Gasteiger partial charge >= 0.3 is 5.97 Å². The minimum Gasteiger partial charge on any atom is -0.452 e. The van der Waals surface area contributed by atoms with E-state index < -0.39 is 17.5 Å². The average Bonchev–Trinajstić information content (AvgIpc) is 2.94. The van der Waals surface area contributed by atoms with Crippen molar-refractivity contribution in [2.45, 2.75) is 65.5 Å². The highest BCUT2D eigenvalue weighted by Gasteiger charge is 2.25. The Morgan fingerprint density at radius 3 is 2.21 bits per heavy atom. The number of carbonyl (C=O) groups excluding carboxylic acids is 2. The maximum absolute atomic E-state index is 12.4. The third-order valence-corrected chi connectivity index (χ3v) is 5.08. The Bertz CT molecular complexity index is 732. The van der Waals surface area contributed by atoms with E-state index in [0.717, 1.165) is 38.8 Å². The van der Waals surface area contributed by atoms with Gasteiger partial charge in [-0.05, 0) is 52.7 Å². The Morgan fingerprint density at radius 2 is 1.69 bits per heavy atom. The molecule has 0 atom stereocenters. The predicted octanol–water partition coefficient (Wildman–Crippen LogP) is 3.78. The van der Waals surface area contributed by atoms with Crippen molar-refractivity contribution in [3.63, 3.8) is 0 Å². The number of amides is 1. The molecule has 0 aliphatic carbocycles. The molecule has 1 saturated heterocycles. The first-order valence-electron chi connectivity index (χ1n) is 10.2. The van der Waals surface area contributed by atoms with Crippen molar-refractivity contribution in [3.8, 4) is 0 Å². The molecule has 1 aromatic carbocycles. The van der Waals surface area contributed by atoms with Crippen molar-refractivity contribution >= 4 is 23.3 Å². The van der Waals surface area contributed by atoms with Gasteiger partial charge in [0.15, 0.2) is 6.61 Å². The molecule has 0 bridgehead atoms. The first-order chi connectivity index (χ1) is 13.7. The molecule has 8 heteroatoms. The van der Waals surface area contributed by atoms with Crippen molar-refractivity contribution in [1.29, 1.82) is 0 Å². The summed E-state index contributed by atoms with van der Waals surface area (Å²) in [4.78, 5) is 39.5. The van der Waals surface area contributed by atoms with Crippen LogP contribution in [-0.2, 0) is 9.53 Å². The summed E-state index contributed by atoms with van der Waals surface area (Å²) in [6, 6.07) is 4.35. The highest BCUT2D eigenvalue weighted by atomic mass is 16.6. The second-order valence-electron chi connectivity index (χ2n) is 7.93. The van der Waals surface area contributed by atoms with Crippen LogP contribution in [0.5, 0.6) is 0 Å². The van der Waals surface area contributed by atoms with Crippen molar-refractivity contribution in [3.05, 3.63) is 33.9 Å². The van der Waals surface area contributed by atoms with Gasteiger partial charge in [0.2, 0.25) is 0 Å². The fraction of sp³-hybridized carbons (Fsp3) is 0.619. The third-order valence-electron chi connectivity index (χ3n) is 5.08. The van der Waals surface area contributed by atoms with Gasteiger partial charge in [0.05, 0.1) is 10.5 Å². The summed E-state index contributed by atoms with van der Waals surface area (Å²) < 4.78 is 5.14. The van der Waals surface area contributed by atoms with E-state index >= 15 is 0 Å². The lowest BCUT2D eigenvalue weighted by Crippen LogP contribution is -2.44. The maximum Gasteiger partial charge on any atom is 0.338 e. The standard InChI is InChI=1S/C21H31N3O5/c1-15(2)23(16(3)4)20(25)14-29-21(26)17-9-10-18(19(13-17)24(27)28)22-11-7-5-6-8-12-22/h9-10,13,15-16H,5-8,11-12,14H2,1-4H3. The average molecular weight is 405 g/mol. The van der Waals surface area contributed by atoms with Crippen molar-refractivity contribution in [2.75, 3.05) is 24.6 Å². The van der Waals surface area contributed by atoms with E-state index in [2.05, 4.69) is 0 Å². The van der Waals surface area contributed by atoms with E-state index in [1.165, 1.54) is 12.1 Å². The van der Waals surface area contributed by atoms with Crippen molar-refractivity contribution < 1.29 is 19.2 Å². The number of nitro benzene ring substituents is 1. The summed E-state index contributed by atoms with van der Waals surface area (Å²) in [5.41, 5.74) is 0.484. The molecule has 1 heterocycles. The Morgan fingerprint density at radius 1 is 1.10 bits per heavy atom. The number of nitrogens with zero attached hydrogens (tertiary/aromatic N) is 3. The van der Waals surface area contributed by atoms with Crippen LogP contribution < -0.4 is 4.90 Å². The van der Waals surface area contributed by atoms with Gasteiger partial charge in [0.25, 0.3) is 11.6 Å². The molecule has 160 valence electrons. The number of hydrogen-bond donors (Lipinski definition) is 0. The van der Waals surface area contributed by atoms with Gasteiger partial charge in [-0.15, -0.1) is 0 Å². The lowest BCUT2D eigenvalue weighted by Gasteiger charge is -2.30. The molecule has 1 amide bonds. The molecule has 1 fully saturated rings. The number of anilines is 1. The molecule has 0 radical (unpaired) electrons. The van der Waals surface area contributed by atoms with E-state index in [1.54, 1.807) is 11.0 Å². The lowest BCUT2D eigenvalue weighted by molar-refractivity contribution is -0.384. The van der Waals surface area contributed by atoms with E-state index in [1.807, 2.05) is 32.6 Å². The minimum absolute atomic E-state index is 0.0183. The van der Waals surface area contributed by atoms with Gasteiger partial charge in [0, 0.05) is 31.2 Å². The second kappa shape index (κ2) is 10.2. The number of nitro groups is 1. The summed E-state index contributed by atoms with van der Waals surface area (Å²) in [6.45, 7) is 8.71. The molecule has 29 heavy (non-hydrogen) atoms. The Labute approximate surface area is 172 Å². The lowest BCUT2D eigenvalue weighted by atomic mass is 10.1. The zero-order valence-corrected chi connectivity index (χ0v) is 17.7. The highest BCUT2D eigenvalue weighted by Crippen LogP contribution is 2.31. The number of esters is 1. The van der Waals surface area contributed by atoms with Crippen LogP contribution in [0, 0.1) is 10.1 Å². The smallest absolute Gasteiger partial charge is 0.338 e. The molecule has 1 aliphatic heterocycles. The van der Waals surface area contributed by atoms with Gasteiger partial charge in [-0.1, -0.05) is 12.8 Å². The molecular weight excluding hydrogens is 374 g/mol. The largest absolute Gasteiger partial charge is 0.452 e. The summed E-state index contributed by atoms with van der Waals surface area (Å²) >= 11 is 0. The molecule has 2 rings (SSSR count). The molecule has 0 saturated carbocycles. The zero-order valence-electron chi connectivity index (χ0n) is 17.7. The van der Waals surface area contributed by atoms with Gasteiger partial charge in [-0.2, -0.15) is 0 Å². The van der Waals surface area contributed by atoms with E-state index in [-0.39, 0.29) is 29.2 Å². The molecule has 1 aromatic rings. The second-order valence-corrected chi connectivity index (χ2v) is 7.93. The number of rotatable bonds is 7. The van der Waals surface area contributed by atoms with Crippen LogP contribution in [0.1, 0.15) is 63.7 Å². The molecule has 1 aliphatic rings. The molecular formula is C21H31N3O5. The molecule has 0 spiro atoms. The first-order valence-corrected chi connectivity index (χ1v) is 10.2. The summed E-state index contributed by atoms with van der Waals surface area (Å²) in [5.74, 6) is -1.03. The third kappa shape index (κ3) is 5.92. The minimum atomic E-state index is -0.740. The van der Waals surface area contributed by atoms with Crippen LogP contribution in [0.3, 0.4) is 0 Å². The van der Waals surface area contributed by atoms with Crippen molar-refractivity contribution in [2.24, 2.45) is 0 Å². The van der Waals surface area contributed by atoms with Crippen LogP contribution in [-0.4, -0.2) is 53.5 Å².